The fourth-order valence-electron chi connectivity index (χ4n) is 3.16. The van der Waals surface area contributed by atoms with Crippen LogP contribution in [-0.4, -0.2) is 32.6 Å². The zero-order valence-electron chi connectivity index (χ0n) is 12.4. The Morgan fingerprint density at radius 3 is 3.05 bits per heavy atom. The standard InChI is InChI=1S/C17H19N5/c1-2-6-16-15(5-1)21-12-22(16)17-9-14(19-11-20-17)8-13-4-3-7-18-10-13/h1-2,5-6,9,11-13,18H,3-4,7-8,10H2/t13-/m0/s1. The summed E-state index contributed by atoms with van der Waals surface area (Å²) in [4.78, 5) is 13.3. The molecule has 1 aromatic carbocycles. The fourth-order valence-corrected chi connectivity index (χ4v) is 3.16. The van der Waals surface area contributed by atoms with Crippen molar-refractivity contribution in [2.45, 2.75) is 19.3 Å². The Kier molecular flexibility index (Phi) is 3.56. The van der Waals surface area contributed by atoms with Gasteiger partial charge in [0.1, 0.15) is 18.5 Å². The maximum Gasteiger partial charge on any atom is 0.142 e. The third kappa shape index (κ3) is 2.60. The molecule has 1 aliphatic heterocycles. The van der Waals surface area contributed by atoms with E-state index in [0.29, 0.717) is 5.92 Å². The van der Waals surface area contributed by atoms with Crippen LogP contribution in [0, 0.1) is 5.92 Å². The first-order valence-corrected chi connectivity index (χ1v) is 7.84. The Morgan fingerprint density at radius 2 is 2.14 bits per heavy atom. The Bertz CT molecular complexity index is 773. The summed E-state index contributed by atoms with van der Waals surface area (Å²) in [6.07, 6.45) is 7.04. The largest absolute Gasteiger partial charge is 0.316 e. The third-order valence-electron chi connectivity index (χ3n) is 4.31. The molecule has 5 heteroatoms. The molecule has 22 heavy (non-hydrogen) atoms. The van der Waals surface area contributed by atoms with Crippen LogP contribution in [-0.2, 0) is 6.42 Å². The molecule has 2 aromatic heterocycles. The van der Waals surface area contributed by atoms with Crippen molar-refractivity contribution in [3.63, 3.8) is 0 Å². The first kappa shape index (κ1) is 13.4. The number of piperidine rings is 1. The van der Waals surface area contributed by atoms with Gasteiger partial charge in [0.05, 0.1) is 11.0 Å². The predicted molar refractivity (Wildman–Crippen MR) is 86.0 cm³/mol. The molecule has 0 saturated carbocycles. The van der Waals surface area contributed by atoms with Gasteiger partial charge >= 0.3 is 0 Å². The summed E-state index contributed by atoms with van der Waals surface area (Å²) in [6, 6.07) is 10.2. The second-order valence-corrected chi connectivity index (χ2v) is 5.89. The predicted octanol–water partition coefficient (Wildman–Crippen LogP) is 2.36. The monoisotopic (exact) mass is 293 g/mol. The molecule has 1 fully saturated rings. The van der Waals surface area contributed by atoms with E-state index < -0.39 is 0 Å². The van der Waals surface area contributed by atoms with Crippen LogP contribution < -0.4 is 5.32 Å². The van der Waals surface area contributed by atoms with E-state index in [4.69, 9.17) is 0 Å². The third-order valence-corrected chi connectivity index (χ3v) is 4.31. The van der Waals surface area contributed by atoms with Gasteiger partial charge in [0.2, 0.25) is 0 Å². The van der Waals surface area contributed by atoms with Crippen molar-refractivity contribution in [1.29, 1.82) is 0 Å². The summed E-state index contributed by atoms with van der Waals surface area (Å²) in [5, 5.41) is 3.46. The quantitative estimate of drug-likeness (QED) is 0.805. The van der Waals surface area contributed by atoms with E-state index >= 15 is 0 Å². The molecular formula is C17H19N5. The van der Waals surface area contributed by atoms with Gasteiger partial charge in [0.25, 0.3) is 0 Å². The molecule has 1 atom stereocenters. The SMILES string of the molecule is c1ccc2c(c1)ncn2-c1cc(C[C@@H]2CCCNC2)ncn1. The molecule has 0 unspecified atom stereocenters. The Morgan fingerprint density at radius 1 is 1.18 bits per heavy atom. The second kappa shape index (κ2) is 5.85. The molecule has 0 amide bonds. The summed E-state index contributed by atoms with van der Waals surface area (Å²) >= 11 is 0. The van der Waals surface area contributed by atoms with Gasteiger partial charge in [-0.05, 0) is 50.4 Å². The van der Waals surface area contributed by atoms with Crippen LogP contribution in [0.2, 0.25) is 0 Å². The fraction of sp³-hybridized carbons (Fsp3) is 0.353. The van der Waals surface area contributed by atoms with Crippen molar-refractivity contribution < 1.29 is 0 Å². The van der Waals surface area contributed by atoms with E-state index in [-0.39, 0.29) is 0 Å². The number of aromatic nitrogens is 4. The lowest BCUT2D eigenvalue weighted by molar-refractivity contribution is 0.373. The van der Waals surface area contributed by atoms with E-state index in [1.165, 1.54) is 12.8 Å². The number of hydrogen-bond acceptors (Lipinski definition) is 4. The van der Waals surface area contributed by atoms with E-state index in [0.717, 1.165) is 42.1 Å². The molecule has 4 rings (SSSR count). The van der Waals surface area contributed by atoms with Crippen molar-refractivity contribution in [2.24, 2.45) is 5.92 Å². The second-order valence-electron chi connectivity index (χ2n) is 5.89. The summed E-state index contributed by atoms with van der Waals surface area (Å²) in [6.45, 7) is 2.24. The normalized spacial score (nSPS) is 18.6. The highest BCUT2D eigenvalue weighted by molar-refractivity contribution is 5.76. The minimum atomic E-state index is 0.677. The molecule has 3 heterocycles. The molecule has 1 aliphatic rings. The number of nitrogens with one attached hydrogen (secondary N) is 1. The molecule has 1 saturated heterocycles. The molecule has 1 N–H and O–H groups in total. The van der Waals surface area contributed by atoms with Gasteiger partial charge in [-0.15, -0.1) is 0 Å². The summed E-state index contributed by atoms with van der Waals surface area (Å²) in [5.74, 6) is 1.57. The molecular weight excluding hydrogens is 274 g/mol. The zero-order valence-corrected chi connectivity index (χ0v) is 12.4. The lowest BCUT2D eigenvalue weighted by Gasteiger charge is -2.22. The summed E-state index contributed by atoms with van der Waals surface area (Å²) in [5.41, 5.74) is 3.17. The lowest BCUT2D eigenvalue weighted by Crippen LogP contribution is -2.31. The highest BCUT2D eigenvalue weighted by atomic mass is 15.1. The van der Waals surface area contributed by atoms with Crippen molar-refractivity contribution in [2.75, 3.05) is 13.1 Å². The van der Waals surface area contributed by atoms with Gasteiger partial charge in [-0.3, -0.25) is 4.57 Å². The van der Waals surface area contributed by atoms with E-state index in [1.54, 1.807) is 6.33 Å². The first-order valence-electron chi connectivity index (χ1n) is 7.84. The van der Waals surface area contributed by atoms with Gasteiger partial charge in [-0.25, -0.2) is 15.0 Å². The average molecular weight is 293 g/mol. The van der Waals surface area contributed by atoms with E-state index in [2.05, 4.69) is 32.4 Å². The van der Waals surface area contributed by atoms with Gasteiger partial charge in [0, 0.05) is 11.8 Å². The highest BCUT2D eigenvalue weighted by Crippen LogP contribution is 2.19. The number of imidazole rings is 1. The smallest absolute Gasteiger partial charge is 0.142 e. The zero-order chi connectivity index (χ0) is 14.8. The van der Waals surface area contributed by atoms with Crippen molar-refractivity contribution in [1.82, 2.24) is 24.8 Å². The highest BCUT2D eigenvalue weighted by Gasteiger charge is 2.15. The minimum absolute atomic E-state index is 0.677. The van der Waals surface area contributed by atoms with Crippen LogP contribution in [0.1, 0.15) is 18.5 Å². The molecule has 0 spiro atoms. The van der Waals surface area contributed by atoms with Gasteiger partial charge < -0.3 is 5.32 Å². The number of hydrogen-bond donors (Lipinski definition) is 1. The average Bonchev–Trinajstić information content (AvgIpc) is 3.00. The van der Waals surface area contributed by atoms with Crippen molar-refractivity contribution >= 4 is 11.0 Å². The molecule has 112 valence electrons. The van der Waals surface area contributed by atoms with Crippen LogP contribution in [0.3, 0.4) is 0 Å². The van der Waals surface area contributed by atoms with Crippen LogP contribution in [0.4, 0.5) is 0 Å². The molecule has 0 bridgehead atoms. The maximum atomic E-state index is 4.45. The van der Waals surface area contributed by atoms with Gasteiger partial charge in [0.15, 0.2) is 0 Å². The van der Waals surface area contributed by atoms with Crippen LogP contribution in [0.15, 0.2) is 43.0 Å². The van der Waals surface area contributed by atoms with Crippen LogP contribution >= 0.6 is 0 Å². The Balaban J connectivity index is 1.63. The van der Waals surface area contributed by atoms with Gasteiger partial charge in [-0.1, -0.05) is 12.1 Å². The summed E-state index contributed by atoms with van der Waals surface area (Å²) in [7, 11) is 0. The molecule has 0 radical (unpaired) electrons. The van der Waals surface area contributed by atoms with Crippen LogP contribution in [0.25, 0.3) is 16.9 Å². The minimum Gasteiger partial charge on any atom is -0.316 e. The number of para-hydroxylation sites is 2. The van der Waals surface area contributed by atoms with Crippen molar-refractivity contribution in [3.8, 4) is 5.82 Å². The Hall–Kier alpha value is -2.27. The maximum absolute atomic E-state index is 4.45. The number of nitrogens with zero attached hydrogens (tertiary/aromatic N) is 4. The topological polar surface area (TPSA) is 55.6 Å². The molecule has 5 nitrogen and oxygen atoms in total. The molecule has 3 aromatic rings. The Labute approximate surface area is 129 Å². The van der Waals surface area contributed by atoms with E-state index in [9.17, 15) is 0 Å². The molecule has 0 aliphatic carbocycles. The first-order chi connectivity index (χ1) is 10.9. The van der Waals surface area contributed by atoms with Gasteiger partial charge in [-0.2, -0.15) is 0 Å². The number of fused-ring (bicyclic) bond motifs is 1. The van der Waals surface area contributed by atoms with Crippen LogP contribution in [0.5, 0.6) is 0 Å². The summed E-state index contributed by atoms with van der Waals surface area (Å²) < 4.78 is 2.03. The number of benzene rings is 1. The van der Waals surface area contributed by atoms with Crippen molar-refractivity contribution in [3.05, 3.63) is 48.7 Å². The lowest BCUT2D eigenvalue weighted by atomic mass is 9.94. The van der Waals surface area contributed by atoms with E-state index in [1.807, 2.05) is 29.1 Å². The number of rotatable bonds is 3.